The molecule has 7 nitrogen and oxygen atoms in total. The van der Waals surface area contributed by atoms with E-state index in [-0.39, 0.29) is 30.3 Å². The van der Waals surface area contributed by atoms with Crippen LogP contribution < -0.4 is 16.4 Å². The Balaban J connectivity index is 2.45. The van der Waals surface area contributed by atoms with E-state index in [1.165, 1.54) is 0 Å². The van der Waals surface area contributed by atoms with Crippen LogP contribution in [0.15, 0.2) is 0 Å². The van der Waals surface area contributed by atoms with Gasteiger partial charge in [-0.3, -0.25) is 0 Å². The van der Waals surface area contributed by atoms with E-state index in [1.807, 2.05) is 13.8 Å². The smallest absolute Gasteiger partial charge is 0.359 e. The molecule has 0 spiro atoms. The number of nitrogen functional groups attached to an aromatic ring is 1. The van der Waals surface area contributed by atoms with E-state index < -0.39 is 5.97 Å². The van der Waals surface area contributed by atoms with Gasteiger partial charge in [-0.25, -0.2) is 9.78 Å². The van der Waals surface area contributed by atoms with Gasteiger partial charge in [-0.2, -0.15) is 4.98 Å². The fourth-order valence-electron chi connectivity index (χ4n) is 1.76. The van der Waals surface area contributed by atoms with Gasteiger partial charge in [-0.05, 0) is 20.8 Å². The van der Waals surface area contributed by atoms with Crippen molar-refractivity contribution in [1.29, 1.82) is 0 Å². The number of ether oxygens (including phenoxy) is 1. The zero-order chi connectivity index (χ0) is 13.3. The summed E-state index contributed by atoms with van der Waals surface area (Å²) in [4.78, 5) is 19.9. The molecule has 1 aromatic rings. The molecule has 7 heteroatoms. The third-order valence-electron chi connectivity index (χ3n) is 2.88. The lowest BCUT2D eigenvalue weighted by Crippen LogP contribution is -2.40. The van der Waals surface area contributed by atoms with Crippen LogP contribution in [0.5, 0.6) is 0 Å². The highest BCUT2D eigenvalue weighted by atomic mass is 16.5. The van der Waals surface area contributed by atoms with Gasteiger partial charge in [0.05, 0.1) is 6.61 Å². The Morgan fingerprint density at radius 1 is 1.33 bits per heavy atom. The van der Waals surface area contributed by atoms with E-state index in [2.05, 4.69) is 20.6 Å². The third-order valence-corrected chi connectivity index (χ3v) is 2.88. The van der Waals surface area contributed by atoms with Crippen molar-refractivity contribution in [3.8, 4) is 0 Å². The number of fused-ring (bicyclic) bond motifs is 1. The molecule has 2 atom stereocenters. The molecule has 1 aliphatic rings. The maximum atomic E-state index is 11.8. The van der Waals surface area contributed by atoms with Gasteiger partial charge in [0, 0.05) is 12.1 Å². The summed E-state index contributed by atoms with van der Waals surface area (Å²) >= 11 is 0. The first-order chi connectivity index (χ1) is 8.52. The van der Waals surface area contributed by atoms with Crippen molar-refractivity contribution in [3.63, 3.8) is 0 Å². The molecular formula is C11H17N5O2. The largest absolute Gasteiger partial charge is 0.461 e. The summed E-state index contributed by atoms with van der Waals surface area (Å²) in [6.45, 7) is 6.05. The first kappa shape index (κ1) is 12.4. The summed E-state index contributed by atoms with van der Waals surface area (Å²) in [6.07, 6.45) is 0. The zero-order valence-corrected chi connectivity index (χ0v) is 10.7. The molecular weight excluding hydrogens is 234 g/mol. The van der Waals surface area contributed by atoms with E-state index in [9.17, 15) is 4.79 Å². The molecule has 0 radical (unpaired) electrons. The van der Waals surface area contributed by atoms with E-state index >= 15 is 0 Å². The minimum Gasteiger partial charge on any atom is -0.461 e. The topological polar surface area (TPSA) is 102 Å². The van der Waals surface area contributed by atoms with Crippen molar-refractivity contribution < 1.29 is 9.53 Å². The van der Waals surface area contributed by atoms with E-state index in [1.54, 1.807) is 6.92 Å². The van der Waals surface area contributed by atoms with Crippen LogP contribution in [0.4, 0.5) is 17.5 Å². The van der Waals surface area contributed by atoms with Gasteiger partial charge in [-0.1, -0.05) is 0 Å². The number of nitrogens with one attached hydrogen (secondary N) is 2. The van der Waals surface area contributed by atoms with Gasteiger partial charge in [0.15, 0.2) is 11.5 Å². The minimum absolute atomic E-state index is 0.0489. The average molecular weight is 251 g/mol. The van der Waals surface area contributed by atoms with Gasteiger partial charge < -0.3 is 21.1 Å². The minimum atomic E-state index is -0.501. The number of esters is 1. The lowest BCUT2D eigenvalue weighted by Gasteiger charge is -2.31. The van der Waals surface area contributed by atoms with Crippen LogP contribution in [-0.2, 0) is 4.74 Å². The maximum Gasteiger partial charge on any atom is 0.359 e. The van der Waals surface area contributed by atoms with Gasteiger partial charge >= 0.3 is 5.97 Å². The molecule has 0 unspecified atom stereocenters. The van der Waals surface area contributed by atoms with Crippen LogP contribution in [0.3, 0.4) is 0 Å². The van der Waals surface area contributed by atoms with Crippen LogP contribution in [0.25, 0.3) is 0 Å². The van der Waals surface area contributed by atoms with Crippen LogP contribution in [0.1, 0.15) is 31.3 Å². The second-order valence-corrected chi connectivity index (χ2v) is 4.24. The number of anilines is 3. The highest BCUT2D eigenvalue weighted by molar-refractivity contribution is 5.97. The Morgan fingerprint density at radius 2 is 2.00 bits per heavy atom. The molecule has 0 aliphatic carbocycles. The third kappa shape index (κ3) is 2.15. The molecule has 1 aromatic heterocycles. The Morgan fingerprint density at radius 3 is 2.67 bits per heavy atom. The molecule has 4 N–H and O–H groups in total. The van der Waals surface area contributed by atoms with Crippen molar-refractivity contribution in [1.82, 2.24) is 9.97 Å². The molecule has 2 heterocycles. The highest BCUT2D eigenvalue weighted by Gasteiger charge is 2.28. The zero-order valence-electron chi connectivity index (χ0n) is 10.7. The van der Waals surface area contributed by atoms with Crippen LogP contribution in [0, 0.1) is 0 Å². The van der Waals surface area contributed by atoms with Crippen molar-refractivity contribution in [3.05, 3.63) is 5.69 Å². The van der Waals surface area contributed by atoms with Gasteiger partial charge in [-0.15, -0.1) is 0 Å². The maximum absolute atomic E-state index is 11.8. The molecule has 2 rings (SSSR count). The number of nitrogens with two attached hydrogens (primary N) is 1. The van der Waals surface area contributed by atoms with Gasteiger partial charge in [0.25, 0.3) is 0 Å². The van der Waals surface area contributed by atoms with Crippen molar-refractivity contribution >= 4 is 23.4 Å². The standard InChI is InChI=1S/C11H17N5O2/c1-4-18-10(17)8-7-9(16-11(12)15-8)14-6(3)5(2)13-7/h5-6,13H,4H2,1-3H3,(H3,12,14,15,16)/t5-,6+/m0/s1. The van der Waals surface area contributed by atoms with Crippen LogP contribution in [-0.4, -0.2) is 34.6 Å². The Bertz CT molecular complexity index is 477. The molecule has 0 bridgehead atoms. The molecule has 0 aromatic carbocycles. The number of carbonyl (C=O) groups is 1. The average Bonchev–Trinajstić information content (AvgIpc) is 2.30. The SMILES string of the molecule is CCOC(=O)c1nc(N)nc2c1N[C@@H](C)[C@@H](C)N2. The number of nitrogens with zero attached hydrogens (tertiary/aromatic N) is 2. The second kappa shape index (κ2) is 4.67. The predicted molar refractivity (Wildman–Crippen MR) is 68.6 cm³/mol. The molecule has 0 amide bonds. The lowest BCUT2D eigenvalue weighted by atomic mass is 10.1. The molecule has 18 heavy (non-hydrogen) atoms. The number of rotatable bonds is 2. The van der Waals surface area contributed by atoms with Crippen molar-refractivity contribution in [2.75, 3.05) is 23.0 Å². The predicted octanol–water partition coefficient (Wildman–Crippen LogP) is 0.850. The summed E-state index contributed by atoms with van der Waals surface area (Å²) in [5, 5.41) is 6.39. The van der Waals surface area contributed by atoms with E-state index in [0.29, 0.717) is 11.5 Å². The summed E-state index contributed by atoms with van der Waals surface area (Å²) in [6, 6.07) is 0.333. The summed E-state index contributed by atoms with van der Waals surface area (Å²) in [5.41, 5.74) is 6.32. The summed E-state index contributed by atoms with van der Waals surface area (Å²) in [7, 11) is 0. The summed E-state index contributed by atoms with van der Waals surface area (Å²) < 4.78 is 4.96. The van der Waals surface area contributed by atoms with Crippen molar-refractivity contribution in [2.24, 2.45) is 0 Å². The Kier molecular flexibility index (Phi) is 3.22. The fourth-order valence-corrected chi connectivity index (χ4v) is 1.76. The molecule has 0 fully saturated rings. The number of hydrogen-bond acceptors (Lipinski definition) is 7. The van der Waals surface area contributed by atoms with Crippen LogP contribution in [0.2, 0.25) is 0 Å². The van der Waals surface area contributed by atoms with E-state index in [0.717, 1.165) is 0 Å². The molecule has 0 saturated heterocycles. The second-order valence-electron chi connectivity index (χ2n) is 4.24. The molecule has 0 saturated carbocycles. The molecule has 1 aliphatic heterocycles. The number of carbonyl (C=O) groups excluding carboxylic acids is 1. The number of aromatic nitrogens is 2. The first-order valence-corrected chi connectivity index (χ1v) is 5.90. The van der Waals surface area contributed by atoms with Crippen molar-refractivity contribution in [2.45, 2.75) is 32.9 Å². The Labute approximate surface area is 105 Å². The summed E-state index contributed by atoms with van der Waals surface area (Å²) in [5.74, 6) is 0.0860. The Hall–Kier alpha value is -2.05. The van der Waals surface area contributed by atoms with Gasteiger partial charge in [0.1, 0.15) is 5.69 Å². The fraction of sp³-hybridized carbons (Fsp3) is 0.545. The molecule has 98 valence electrons. The first-order valence-electron chi connectivity index (χ1n) is 5.90. The van der Waals surface area contributed by atoms with E-state index in [4.69, 9.17) is 10.5 Å². The lowest BCUT2D eigenvalue weighted by molar-refractivity contribution is 0.0520. The number of hydrogen-bond donors (Lipinski definition) is 3. The normalized spacial score (nSPS) is 21.5. The highest BCUT2D eigenvalue weighted by Crippen LogP contribution is 2.30. The quantitative estimate of drug-likeness (QED) is 0.669. The van der Waals surface area contributed by atoms with Crippen LogP contribution >= 0.6 is 0 Å². The van der Waals surface area contributed by atoms with Gasteiger partial charge in [0.2, 0.25) is 5.95 Å². The monoisotopic (exact) mass is 251 g/mol.